The zero-order valence-corrected chi connectivity index (χ0v) is 11.2. The first-order valence-corrected chi connectivity index (χ1v) is 6.58. The Kier molecular flexibility index (Phi) is 4.06. The minimum atomic E-state index is 0.610. The number of nitrogens with zero attached hydrogens (tertiary/aromatic N) is 3. The summed E-state index contributed by atoms with van der Waals surface area (Å²) in [4.78, 5) is 13.0. The maximum absolute atomic E-state index is 5.37. The molecule has 2 aromatic rings. The molecule has 0 saturated heterocycles. The molecule has 18 heavy (non-hydrogen) atoms. The molecule has 0 spiro atoms. The number of nitrogen functional groups attached to an aromatic ring is 1. The molecule has 0 amide bonds. The van der Waals surface area contributed by atoms with E-state index in [0.29, 0.717) is 12.4 Å². The van der Waals surface area contributed by atoms with Gasteiger partial charge < -0.3 is 10.7 Å². The molecule has 0 saturated carbocycles. The van der Waals surface area contributed by atoms with Crippen molar-refractivity contribution in [3.8, 4) is 0 Å². The van der Waals surface area contributed by atoms with Gasteiger partial charge in [-0.15, -0.1) is 11.3 Å². The zero-order chi connectivity index (χ0) is 13.0. The van der Waals surface area contributed by atoms with Crippen molar-refractivity contribution in [3.05, 3.63) is 28.0 Å². The van der Waals surface area contributed by atoms with Gasteiger partial charge in [-0.05, 0) is 6.92 Å². The van der Waals surface area contributed by atoms with Crippen LogP contribution in [-0.2, 0) is 13.0 Å². The maximum Gasteiger partial charge on any atom is 0.145 e. The van der Waals surface area contributed by atoms with E-state index in [1.165, 1.54) is 0 Å². The molecule has 2 rings (SSSR count). The summed E-state index contributed by atoms with van der Waals surface area (Å²) in [6.45, 7) is 4.64. The predicted molar refractivity (Wildman–Crippen MR) is 73.4 cm³/mol. The van der Waals surface area contributed by atoms with E-state index in [-0.39, 0.29) is 0 Å². The van der Waals surface area contributed by atoms with Crippen LogP contribution in [0, 0.1) is 6.92 Å². The van der Waals surface area contributed by atoms with Crippen molar-refractivity contribution < 1.29 is 0 Å². The standard InChI is InChI=1S/C11H16N6S/c1-3-9-15-10(4-11(16-9)17-12)13-5-8-6-18-7(2)14-8/h4,6H,3,5,12H2,1-2H3,(H2,13,15,16,17). The molecule has 0 bridgehead atoms. The summed E-state index contributed by atoms with van der Waals surface area (Å²) in [5, 5.41) is 6.32. The van der Waals surface area contributed by atoms with Crippen LogP contribution < -0.4 is 16.6 Å². The Bertz CT molecular complexity index is 502. The minimum Gasteiger partial charge on any atom is -0.364 e. The smallest absolute Gasteiger partial charge is 0.145 e. The van der Waals surface area contributed by atoms with Gasteiger partial charge in [0.05, 0.1) is 17.2 Å². The summed E-state index contributed by atoms with van der Waals surface area (Å²) in [5.74, 6) is 7.49. The molecule has 2 heterocycles. The fourth-order valence-corrected chi connectivity index (χ4v) is 2.10. The number of anilines is 2. The average Bonchev–Trinajstić information content (AvgIpc) is 2.81. The monoisotopic (exact) mass is 264 g/mol. The Labute approximate surface area is 110 Å². The van der Waals surface area contributed by atoms with Crippen LogP contribution in [0.15, 0.2) is 11.4 Å². The largest absolute Gasteiger partial charge is 0.364 e. The number of thiazole rings is 1. The van der Waals surface area contributed by atoms with Gasteiger partial charge in [-0.3, -0.25) is 0 Å². The molecule has 0 radical (unpaired) electrons. The van der Waals surface area contributed by atoms with Gasteiger partial charge in [-0.2, -0.15) is 0 Å². The highest BCUT2D eigenvalue weighted by Crippen LogP contribution is 2.13. The van der Waals surface area contributed by atoms with Crippen molar-refractivity contribution >= 4 is 23.0 Å². The highest BCUT2D eigenvalue weighted by Gasteiger charge is 2.03. The van der Waals surface area contributed by atoms with Crippen LogP contribution in [0.1, 0.15) is 23.4 Å². The number of aromatic nitrogens is 3. The first-order chi connectivity index (χ1) is 8.71. The zero-order valence-electron chi connectivity index (χ0n) is 10.4. The fraction of sp³-hybridized carbons (Fsp3) is 0.364. The van der Waals surface area contributed by atoms with Gasteiger partial charge >= 0.3 is 0 Å². The summed E-state index contributed by atoms with van der Waals surface area (Å²) < 4.78 is 0. The van der Waals surface area contributed by atoms with Crippen LogP contribution in [0.5, 0.6) is 0 Å². The van der Waals surface area contributed by atoms with Gasteiger partial charge in [0.25, 0.3) is 0 Å². The topological polar surface area (TPSA) is 88.8 Å². The van der Waals surface area contributed by atoms with Crippen LogP contribution in [0.4, 0.5) is 11.6 Å². The number of rotatable bonds is 5. The molecule has 0 atom stereocenters. The lowest BCUT2D eigenvalue weighted by atomic mass is 10.4. The van der Waals surface area contributed by atoms with E-state index in [4.69, 9.17) is 5.84 Å². The molecular weight excluding hydrogens is 248 g/mol. The molecule has 4 N–H and O–H groups in total. The van der Waals surface area contributed by atoms with Crippen LogP contribution in [0.25, 0.3) is 0 Å². The number of aryl methyl sites for hydroxylation is 2. The van der Waals surface area contributed by atoms with Gasteiger partial charge in [0.15, 0.2) is 0 Å². The Balaban J connectivity index is 2.08. The molecule has 0 aliphatic heterocycles. The van der Waals surface area contributed by atoms with Crippen molar-refractivity contribution in [3.63, 3.8) is 0 Å². The third kappa shape index (κ3) is 3.14. The molecular formula is C11H16N6S. The van der Waals surface area contributed by atoms with E-state index >= 15 is 0 Å². The molecule has 0 aromatic carbocycles. The second kappa shape index (κ2) is 5.74. The van der Waals surface area contributed by atoms with Gasteiger partial charge in [0.2, 0.25) is 0 Å². The quantitative estimate of drug-likeness (QED) is 0.562. The predicted octanol–water partition coefficient (Wildman–Crippen LogP) is 1.70. The molecule has 6 nitrogen and oxygen atoms in total. The van der Waals surface area contributed by atoms with Crippen molar-refractivity contribution in [2.45, 2.75) is 26.8 Å². The molecule has 0 fully saturated rings. The number of nitrogens with one attached hydrogen (secondary N) is 2. The minimum absolute atomic E-state index is 0.610. The lowest BCUT2D eigenvalue weighted by Gasteiger charge is -2.07. The van der Waals surface area contributed by atoms with Gasteiger partial charge in [-0.1, -0.05) is 6.92 Å². The van der Waals surface area contributed by atoms with E-state index in [9.17, 15) is 0 Å². The average molecular weight is 264 g/mol. The fourth-order valence-electron chi connectivity index (χ4n) is 1.49. The summed E-state index contributed by atoms with van der Waals surface area (Å²) in [6, 6.07) is 1.78. The van der Waals surface area contributed by atoms with E-state index in [0.717, 1.165) is 28.8 Å². The van der Waals surface area contributed by atoms with E-state index in [1.807, 2.05) is 19.2 Å². The van der Waals surface area contributed by atoms with E-state index in [2.05, 4.69) is 25.7 Å². The second-order valence-corrected chi connectivity index (χ2v) is 4.83. The number of hydrogen-bond donors (Lipinski definition) is 3. The summed E-state index contributed by atoms with van der Waals surface area (Å²) in [5.41, 5.74) is 3.55. The SMILES string of the molecule is CCc1nc(NN)cc(NCc2csc(C)n2)n1. The molecule has 2 aromatic heterocycles. The normalized spacial score (nSPS) is 10.4. The first-order valence-electron chi connectivity index (χ1n) is 5.70. The molecule has 96 valence electrons. The van der Waals surface area contributed by atoms with Crippen molar-refractivity contribution in [1.29, 1.82) is 0 Å². The Morgan fingerprint density at radius 3 is 2.67 bits per heavy atom. The first kappa shape index (κ1) is 12.7. The van der Waals surface area contributed by atoms with Crippen LogP contribution in [-0.4, -0.2) is 15.0 Å². The maximum atomic E-state index is 5.37. The van der Waals surface area contributed by atoms with Gasteiger partial charge in [0.1, 0.15) is 17.5 Å². The number of nitrogens with two attached hydrogens (primary N) is 1. The highest BCUT2D eigenvalue weighted by molar-refractivity contribution is 7.09. The highest BCUT2D eigenvalue weighted by atomic mass is 32.1. The third-order valence-corrected chi connectivity index (χ3v) is 3.18. The van der Waals surface area contributed by atoms with Gasteiger partial charge in [0, 0.05) is 17.9 Å². The van der Waals surface area contributed by atoms with E-state index < -0.39 is 0 Å². The summed E-state index contributed by atoms with van der Waals surface area (Å²) in [6.07, 6.45) is 0.764. The van der Waals surface area contributed by atoms with Crippen LogP contribution in [0.3, 0.4) is 0 Å². The molecule has 0 aliphatic rings. The summed E-state index contributed by atoms with van der Waals surface area (Å²) >= 11 is 1.64. The summed E-state index contributed by atoms with van der Waals surface area (Å²) in [7, 11) is 0. The second-order valence-electron chi connectivity index (χ2n) is 3.76. The Morgan fingerprint density at radius 2 is 2.06 bits per heavy atom. The van der Waals surface area contributed by atoms with Crippen molar-refractivity contribution in [2.75, 3.05) is 10.7 Å². The lowest BCUT2D eigenvalue weighted by molar-refractivity contribution is 0.927. The number of hydrogen-bond acceptors (Lipinski definition) is 7. The Hall–Kier alpha value is -1.73. The van der Waals surface area contributed by atoms with Crippen LogP contribution >= 0.6 is 11.3 Å². The van der Waals surface area contributed by atoms with Crippen molar-refractivity contribution in [1.82, 2.24) is 15.0 Å². The molecule has 7 heteroatoms. The molecule has 0 aliphatic carbocycles. The third-order valence-electron chi connectivity index (χ3n) is 2.35. The number of hydrazine groups is 1. The van der Waals surface area contributed by atoms with Crippen molar-refractivity contribution in [2.24, 2.45) is 5.84 Å². The van der Waals surface area contributed by atoms with Gasteiger partial charge in [-0.25, -0.2) is 20.8 Å². The lowest BCUT2D eigenvalue weighted by Crippen LogP contribution is -2.12. The van der Waals surface area contributed by atoms with E-state index in [1.54, 1.807) is 17.4 Å². The molecule has 0 unspecified atom stereocenters. The Morgan fingerprint density at radius 1 is 1.28 bits per heavy atom. The van der Waals surface area contributed by atoms with Crippen LogP contribution in [0.2, 0.25) is 0 Å².